The van der Waals surface area contributed by atoms with Crippen LogP contribution in [0.4, 0.5) is 5.82 Å². The number of hydrogen-bond donors (Lipinski definition) is 1. The van der Waals surface area contributed by atoms with Crippen LogP contribution in [0.3, 0.4) is 0 Å². The number of nitrogens with one attached hydrogen (secondary N) is 1. The van der Waals surface area contributed by atoms with E-state index < -0.39 is 11.4 Å². The molecule has 7 nitrogen and oxygen atoms in total. The standard InChI is InChI=1S/C12H15N3O4/c1-8(16)15(10-2-4-13-11(17)14-10)12-6-9(18-7-12)3-5-19-12/h2,4,9H,3,5-7H2,1H3,(H,13,14,17). The third kappa shape index (κ3) is 2.04. The predicted molar refractivity (Wildman–Crippen MR) is 65.7 cm³/mol. The zero-order valence-corrected chi connectivity index (χ0v) is 10.6. The molecule has 2 fully saturated rings. The predicted octanol–water partition coefficient (Wildman–Crippen LogP) is 0.0283. The Morgan fingerprint density at radius 2 is 2.47 bits per heavy atom. The van der Waals surface area contributed by atoms with Crippen LogP contribution in [0.5, 0.6) is 0 Å². The Bertz CT molecular complexity index is 554. The number of aromatic amines is 1. The average molecular weight is 265 g/mol. The van der Waals surface area contributed by atoms with Gasteiger partial charge in [0.2, 0.25) is 5.91 Å². The molecule has 3 rings (SSSR count). The number of carbonyl (C=O) groups is 1. The number of fused-ring (bicyclic) bond motifs is 2. The van der Waals surface area contributed by atoms with Gasteiger partial charge in [-0.15, -0.1) is 0 Å². The molecule has 102 valence electrons. The van der Waals surface area contributed by atoms with Crippen molar-refractivity contribution < 1.29 is 14.3 Å². The number of carbonyl (C=O) groups excluding carboxylic acids is 1. The van der Waals surface area contributed by atoms with Gasteiger partial charge >= 0.3 is 5.69 Å². The van der Waals surface area contributed by atoms with Gasteiger partial charge in [0.05, 0.1) is 19.3 Å². The summed E-state index contributed by atoms with van der Waals surface area (Å²) in [6.45, 7) is 2.31. The Morgan fingerprint density at radius 3 is 3.21 bits per heavy atom. The van der Waals surface area contributed by atoms with Gasteiger partial charge in [0.15, 0.2) is 5.72 Å². The highest BCUT2D eigenvalue weighted by molar-refractivity contribution is 5.91. The van der Waals surface area contributed by atoms with Crippen molar-refractivity contribution in [2.45, 2.75) is 31.6 Å². The summed E-state index contributed by atoms with van der Waals surface area (Å²) >= 11 is 0. The number of H-pyrrole nitrogens is 1. The van der Waals surface area contributed by atoms with Gasteiger partial charge in [-0.1, -0.05) is 0 Å². The van der Waals surface area contributed by atoms with Gasteiger partial charge in [0.25, 0.3) is 0 Å². The smallest absolute Gasteiger partial charge is 0.346 e. The molecule has 1 aromatic rings. The third-order valence-electron chi connectivity index (χ3n) is 3.52. The van der Waals surface area contributed by atoms with Crippen molar-refractivity contribution in [2.24, 2.45) is 0 Å². The molecule has 2 aliphatic heterocycles. The molecule has 2 saturated heterocycles. The van der Waals surface area contributed by atoms with Crippen LogP contribution in [0.15, 0.2) is 17.1 Å². The molecule has 7 heteroatoms. The van der Waals surface area contributed by atoms with Crippen molar-refractivity contribution in [1.82, 2.24) is 9.97 Å². The summed E-state index contributed by atoms with van der Waals surface area (Å²) in [5.74, 6) is 0.187. The number of rotatable bonds is 2. The minimum atomic E-state index is -0.807. The van der Waals surface area contributed by atoms with Gasteiger partial charge < -0.3 is 9.47 Å². The minimum Gasteiger partial charge on any atom is -0.373 e. The molecule has 2 aliphatic rings. The maximum Gasteiger partial charge on any atom is 0.346 e. The van der Waals surface area contributed by atoms with Gasteiger partial charge in [0, 0.05) is 19.5 Å². The lowest BCUT2D eigenvalue weighted by molar-refractivity contribution is -0.125. The van der Waals surface area contributed by atoms with Crippen LogP contribution < -0.4 is 10.6 Å². The van der Waals surface area contributed by atoms with Crippen LogP contribution in [0.1, 0.15) is 19.8 Å². The number of nitrogens with zero attached hydrogens (tertiary/aromatic N) is 2. The van der Waals surface area contributed by atoms with Gasteiger partial charge in [-0.05, 0) is 12.5 Å². The molecule has 0 aliphatic carbocycles. The zero-order chi connectivity index (χ0) is 13.5. The van der Waals surface area contributed by atoms with E-state index in [1.807, 2.05) is 0 Å². The van der Waals surface area contributed by atoms with E-state index in [-0.39, 0.29) is 12.0 Å². The third-order valence-corrected chi connectivity index (χ3v) is 3.52. The Labute approximate surface area is 109 Å². The van der Waals surface area contributed by atoms with Crippen LogP contribution in [-0.4, -0.2) is 40.9 Å². The monoisotopic (exact) mass is 265 g/mol. The number of anilines is 1. The van der Waals surface area contributed by atoms with Crippen LogP contribution in [0, 0.1) is 0 Å². The molecule has 0 aromatic carbocycles. The highest BCUT2D eigenvalue weighted by atomic mass is 16.6. The van der Waals surface area contributed by atoms with Crippen LogP contribution in [0.25, 0.3) is 0 Å². The second-order valence-electron chi connectivity index (χ2n) is 4.84. The second-order valence-corrected chi connectivity index (χ2v) is 4.84. The molecule has 2 unspecified atom stereocenters. The number of aromatic nitrogens is 2. The largest absolute Gasteiger partial charge is 0.373 e. The van der Waals surface area contributed by atoms with Crippen molar-refractivity contribution in [3.63, 3.8) is 0 Å². The molecule has 2 atom stereocenters. The molecule has 3 heterocycles. The molecular weight excluding hydrogens is 250 g/mol. The molecule has 1 N–H and O–H groups in total. The first-order valence-corrected chi connectivity index (χ1v) is 6.22. The van der Waals surface area contributed by atoms with Crippen LogP contribution >= 0.6 is 0 Å². The minimum absolute atomic E-state index is 0.115. The quantitative estimate of drug-likeness (QED) is 0.815. The van der Waals surface area contributed by atoms with Gasteiger partial charge in [-0.3, -0.25) is 14.7 Å². The highest BCUT2D eigenvalue weighted by Crippen LogP contribution is 2.38. The summed E-state index contributed by atoms with van der Waals surface area (Å²) < 4.78 is 11.4. The fraction of sp³-hybridized carbons (Fsp3) is 0.583. The van der Waals surface area contributed by atoms with Crippen LogP contribution in [-0.2, 0) is 14.3 Å². The average Bonchev–Trinajstić information content (AvgIpc) is 2.65. The first-order chi connectivity index (χ1) is 9.11. The van der Waals surface area contributed by atoms with Crippen molar-refractivity contribution in [2.75, 3.05) is 18.1 Å². The van der Waals surface area contributed by atoms with Crippen molar-refractivity contribution in [1.29, 1.82) is 0 Å². The lowest BCUT2D eigenvalue weighted by Gasteiger charge is -2.40. The Hall–Kier alpha value is -1.73. The van der Waals surface area contributed by atoms with Gasteiger partial charge in [0.1, 0.15) is 5.82 Å². The lowest BCUT2D eigenvalue weighted by atomic mass is 10.0. The van der Waals surface area contributed by atoms with E-state index in [2.05, 4.69) is 9.97 Å². The Morgan fingerprint density at radius 1 is 1.63 bits per heavy atom. The van der Waals surface area contributed by atoms with E-state index >= 15 is 0 Å². The van der Waals surface area contributed by atoms with Crippen molar-refractivity contribution in [3.8, 4) is 0 Å². The lowest BCUT2D eigenvalue weighted by Crippen LogP contribution is -2.56. The molecule has 0 spiro atoms. The summed E-state index contributed by atoms with van der Waals surface area (Å²) in [5.41, 5.74) is -1.30. The van der Waals surface area contributed by atoms with Gasteiger partial charge in [-0.25, -0.2) is 9.78 Å². The summed E-state index contributed by atoms with van der Waals surface area (Å²) in [6.07, 6.45) is 2.94. The summed E-state index contributed by atoms with van der Waals surface area (Å²) in [6, 6.07) is 1.59. The van der Waals surface area contributed by atoms with E-state index in [0.29, 0.717) is 25.5 Å². The van der Waals surface area contributed by atoms with E-state index in [4.69, 9.17) is 9.47 Å². The second kappa shape index (κ2) is 4.43. The molecule has 0 radical (unpaired) electrons. The summed E-state index contributed by atoms with van der Waals surface area (Å²) in [7, 11) is 0. The SMILES string of the molecule is CC(=O)N(c1ccnc(=O)[nH]1)C12COC(CCO1)C2. The van der Waals surface area contributed by atoms with E-state index in [0.717, 1.165) is 6.42 Å². The number of amides is 1. The highest BCUT2D eigenvalue weighted by Gasteiger charge is 2.50. The summed E-state index contributed by atoms with van der Waals surface area (Å²) in [4.78, 5) is 30.9. The fourth-order valence-corrected chi connectivity index (χ4v) is 2.77. The molecular formula is C12H15N3O4. The maximum atomic E-state index is 12.0. The number of ether oxygens (including phenoxy) is 2. The van der Waals surface area contributed by atoms with E-state index in [1.54, 1.807) is 6.07 Å². The van der Waals surface area contributed by atoms with Gasteiger partial charge in [-0.2, -0.15) is 0 Å². The molecule has 1 amide bonds. The normalized spacial score (nSPS) is 29.2. The zero-order valence-electron chi connectivity index (χ0n) is 10.6. The van der Waals surface area contributed by atoms with E-state index in [1.165, 1.54) is 18.0 Å². The molecule has 1 aromatic heterocycles. The molecule has 0 saturated carbocycles. The summed E-state index contributed by atoms with van der Waals surface area (Å²) in [5, 5.41) is 0. The molecule has 2 bridgehead atoms. The first kappa shape index (κ1) is 12.3. The Balaban J connectivity index is 2.02. The van der Waals surface area contributed by atoms with Crippen molar-refractivity contribution >= 4 is 11.7 Å². The maximum absolute atomic E-state index is 12.0. The molecule has 19 heavy (non-hydrogen) atoms. The topological polar surface area (TPSA) is 84.5 Å². The number of hydrogen-bond acceptors (Lipinski definition) is 5. The Kier molecular flexibility index (Phi) is 2.87. The fourth-order valence-electron chi connectivity index (χ4n) is 2.77. The first-order valence-electron chi connectivity index (χ1n) is 6.22. The van der Waals surface area contributed by atoms with Crippen molar-refractivity contribution in [3.05, 3.63) is 22.7 Å². The van der Waals surface area contributed by atoms with E-state index in [9.17, 15) is 9.59 Å². The van der Waals surface area contributed by atoms with Crippen LogP contribution in [0.2, 0.25) is 0 Å².